The quantitative estimate of drug-likeness (QED) is 0.149. The van der Waals surface area contributed by atoms with Crippen molar-refractivity contribution in [3.63, 3.8) is 0 Å². The van der Waals surface area contributed by atoms with Crippen LogP contribution in [0.15, 0.2) is 96.6 Å². The van der Waals surface area contributed by atoms with Gasteiger partial charge in [-0.2, -0.15) is 0 Å². The van der Waals surface area contributed by atoms with E-state index < -0.39 is 17.8 Å². The summed E-state index contributed by atoms with van der Waals surface area (Å²) >= 11 is 13.0. The molecule has 1 fully saturated rings. The molecule has 0 aliphatic carbocycles. The molecule has 43 heavy (non-hydrogen) atoms. The van der Waals surface area contributed by atoms with Gasteiger partial charge in [0.2, 0.25) is 0 Å². The van der Waals surface area contributed by atoms with E-state index in [-0.39, 0.29) is 28.0 Å². The lowest BCUT2D eigenvalue weighted by Gasteiger charge is -2.26. The number of barbiturate groups is 1. The highest BCUT2D eigenvalue weighted by Gasteiger charge is 2.36. The smallest absolute Gasteiger partial charge is 0.335 e. The number of amides is 4. The number of carbonyl (C=O) groups is 3. The van der Waals surface area contributed by atoms with Gasteiger partial charge in [0.1, 0.15) is 18.8 Å². The van der Waals surface area contributed by atoms with Crippen molar-refractivity contribution in [3.8, 4) is 17.2 Å². The molecule has 1 heterocycles. The molecule has 0 atom stereocenters. The largest absolute Gasteiger partial charge is 0.490 e. The number of ether oxygens (including phenoxy) is 3. The Morgan fingerprint density at radius 2 is 1.40 bits per heavy atom. The Morgan fingerprint density at radius 1 is 0.744 bits per heavy atom. The first-order chi connectivity index (χ1) is 20.8. The van der Waals surface area contributed by atoms with Crippen LogP contribution in [0.2, 0.25) is 10.0 Å². The number of nitrogens with one attached hydrogen (secondary N) is 1. The minimum absolute atomic E-state index is 0.133. The first kappa shape index (κ1) is 29.7. The average molecular weight is 617 g/mol. The molecule has 4 aromatic rings. The maximum absolute atomic E-state index is 13.1. The fraction of sp³-hybridized carbons (Fsp3) is 0.121. The molecule has 218 valence electrons. The van der Waals surface area contributed by atoms with E-state index >= 15 is 0 Å². The molecule has 1 aliphatic heterocycles. The lowest BCUT2D eigenvalue weighted by Crippen LogP contribution is -2.54. The average Bonchev–Trinajstić information content (AvgIpc) is 2.99. The van der Waals surface area contributed by atoms with Gasteiger partial charge in [0, 0.05) is 0 Å². The zero-order chi connectivity index (χ0) is 30.3. The maximum Gasteiger partial charge on any atom is 0.335 e. The molecule has 0 spiro atoms. The topological polar surface area (TPSA) is 94.2 Å². The van der Waals surface area contributed by atoms with E-state index in [0.29, 0.717) is 36.0 Å². The highest BCUT2D eigenvalue weighted by atomic mass is 35.5. The van der Waals surface area contributed by atoms with E-state index in [9.17, 15) is 14.4 Å². The van der Waals surface area contributed by atoms with Crippen molar-refractivity contribution in [3.05, 3.63) is 123 Å². The number of benzene rings is 4. The van der Waals surface area contributed by atoms with Gasteiger partial charge in [-0.1, -0.05) is 77.8 Å². The van der Waals surface area contributed by atoms with E-state index in [4.69, 9.17) is 37.4 Å². The van der Waals surface area contributed by atoms with Gasteiger partial charge >= 0.3 is 6.03 Å². The Morgan fingerprint density at radius 3 is 2.07 bits per heavy atom. The summed E-state index contributed by atoms with van der Waals surface area (Å²) in [7, 11) is 0. The number of para-hydroxylation sites is 1. The Balaban J connectivity index is 1.31. The number of urea groups is 1. The van der Waals surface area contributed by atoms with E-state index in [2.05, 4.69) is 5.32 Å². The minimum Gasteiger partial charge on any atom is -0.490 e. The monoisotopic (exact) mass is 616 g/mol. The fourth-order valence-electron chi connectivity index (χ4n) is 4.36. The molecule has 0 saturated carbocycles. The normalized spacial score (nSPS) is 14.1. The SMILES string of the molecule is CCOc1cc(COc2c(Cl)cc(/C=C3/C(=O)NC(=O)N(c4ccccc4)C3=O)cc2Cl)ccc1OCc1ccccc1. The second-order valence-corrected chi connectivity index (χ2v) is 10.2. The number of halogens is 2. The molecular formula is C33H26Cl2N2O6. The molecule has 5 rings (SSSR count). The standard InChI is InChI=1S/C33H26Cl2N2O6/c1-2-41-29-18-22(13-14-28(29)42-19-21-9-5-3-6-10-21)20-43-30-26(34)16-23(17-27(30)35)15-25-31(38)36-33(40)37(32(25)39)24-11-7-4-8-12-24/h3-18H,2,19-20H2,1H3,(H,36,38,40)/b25-15-. The number of imide groups is 2. The molecule has 1 aliphatic rings. The predicted molar refractivity (Wildman–Crippen MR) is 165 cm³/mol. The number of hydrogen-bond acceptors (Lipinski definition) is 6. The Labute approximate surface area is 258 Å². The Bertz CT molecular complexity index is 1670. The van der Waals surface area contributed by atoms with Crippen molar-refractivity contribution in [2.75, 3.05) is 11.5 Å². The van der Waals surface area contributed by atoms with Crippen molar-refractivity contribution in [2.24, 2.45) is 0 Å². The van der Waals surface area contributed by atoms with Crippen LogP contribution in [0.5, 0.6) is 17.2 Å². The molecule has 8 nitrogen and oxygen atoms in total. The highest BCUT2D eigenvalue weighted by Crippen LogP contribution is 2.37. The summed E-state index contributed by atoms with van der Waals surface area (Å²) in [5.74, 6) is -0.174. The maximum atomic E-state index is 13.1. The molecular weight excluding hydrogens is 591 g/mol. The van der Waals surface area contributed by atoms with Gasteiger partial charge in [0.05, 0.1) is 22.3 Å². The summed E-state index contributed by atoms with van der Waals surface area (Å²) in [5.41, 5.74) is 2.29. The summed E-state index contributed by atoms with van der Waals surface area (Å²) in [6.45, 7) is 2.88. The summed E-state index contributed by atoms with van der Waals surface area (Å²) < 4.78 is 17.7. The van der Waals surface area contributed by atoms with E-state index in [0.717, 1.165) is 16.0 Å². The number of nitrogens with zero attached hydrogens (tertiary/aromatic N) is 1. The third kappa shape index (κ3) is 6.99. The second kappa shape index (κ2) is 13.5. The summed E-state index contributed by atoms with van der Waals surface area (Å²) in [5, 5.41) is 2.54. The van der Waals surface area contributed by atoms with Crippen LogP contribution in [0.4, 0.5) is 10.5 Å². The van der Waals surface area contributed by atoms with Gasteiger partial charge < -0.3 is 14.2 Å². The van der Waals surface area contributed by atoms with Crippen LogP contribution in [0.3, 0.4) is 0 Å². The van der Waals surface area contributed by atoms with Crippen molar-refractivity contribution >= 4 is 52.8 Å². The fourth-order valence-corrected chi connectivity index (χ4v) is 4.97. The summed E-state index contributed by atoms with van der Waals surface area (Å²) in [4.78, 5) is 39.0. The first-order valence-electron chi connectivity index (χ1n) is 13.3. The van der Waals surface area contributed by atoms with Crippen molar-refractivity contribution in [1.82, 2.24) is 5.32 Å². The third-order valence-electron chi connectivity index (χ3n) is 6.38. The van der Waals surface area contributed by atoms with Crippen LogP contribution >= 0.6 is 23.2 Å². The van der Waals surface area contributed by atoms with Crippen LogP contribution in [-0.2, 0) is 22.8 Å². The molecule has 0 bridgehead atoms. The highest BCUT2D eigenvalue weighted by molar-refractivity contribution is 6.40. The lowest BCUT2D eigenvalue weighted by atomic mass is 10.1. The third-order valence-corrected chi connectivity index (χ3v) is 6.94. The second-order valence-electron chi connectivity index (χ2n) is 9.38. The molecule has 1 saturated heterocycles. The molecule has 1 N–H and O–H groups in total. The molecule has 0 unspecified atom stereocenters. The Hall–Kier alpha value is -4.79. The Kier molecular flexibility index (Phi) is 9.29. The molecule has 0 aromatic heterocycles. The van der Waals surface area contributed by atoms with Crippen LogP contribution in [0.25, 0.3) is 6.08 Å². The number of anilines is 1. The molecule has 4 aromatic carbocycles. The van der Waals surface area contributed by atoms with Crippen LogP contribution in [0, 0.1) is 0 Å². The van der Waals surface area contributed by atoms with Crippen LogP contribution < -0.4 is 24.4 Å². The van der Waals surface area contributed by atoms with E-state index in [1.807, 2.05) is 55.5 Å². The van der Waals surface area contributed by atoms with Gasteiger partial charge in [-0.25, -0.2) is 9.69 Å². The van der Waals surface area contributed by atoms with E-state index in [1.54, 1.807) is 30.3 Å². The van der Waals surface area contributed by atoms with Gasteiger partial charge in [0.15, 0.2) is 17.2 Å². The zero-order valence-electron chi connectivity index (χ0n) is 23.0. The van der Waals surface area contributed by atoms with Crippen molar-refractivity contribution in [2.45, 2.75) is 20.1 Å². The van der Waals surface area contributed by atoms with E-state index in [1.165, 1.54) is 18.2 Å². The number of rotatable bonds is 10. The summed E-state index contributed by atoms with van der Waals surface area (Å²) in [6.07, 6.45) is 1.32. The van der Waals surface area contributed by atoms with Gasteiger partial charge in [0.25, 0.3) is 11.8 Å². The van der Waals surface area contributed by atoms with Crippen LogP contribution in [-0.4, -0.2) is 24.5 Å². The molecule has 0 radical (unpaired) electrons. The van der Waals surface area contributed by atoms with Gasteiger partial charge in [-0.05, 0) is 66.1 Å². The van der Waals surface area contributed by atoms with Crippen molar-refractivity contribution in [1.29, 1.82) is 0 Å². The van der Waals surface area contributed by atoms with Crippen LogP contribution in [0.1, 0.15) is 23.6 Å². The lowest BCUT2D eigenvalue weighted by molar-refractivity contribution is -0.122. The number of carbonyl (C=O) groups excluding carboxylic acids is 3. The zero-order valence-corrected chi connectivity index (χ0v) is 24.5. The van der Waals surface area contributed by atoms with Crippen molar-refractivity contribution < 1.29 is 28.6 Å². The minimum atomic E-state index is -0.832. The van der Waals surface area contributed by atoms with Gasteiger partial charge in [-0.3, -0.25) is 14.9 Å². The molecule has 10 heteroatoms. The predicted octanol–water partition coefficient (Wildman–Crippen LogP) is 7.22. The summed E-state index contributed by atoms with van der Waals surface area (Å²) in [6, 6.07) is 25.8. The number of hydrogen-bond donors (Lipinski definition) is 1. The first-order valence-corrected chi connectivity index (χ1v) is 14.1. The molecule has 4 amide bonds. The van der Waals surface area contributed by atoms with Gasteiger partial charge in [-0.15, -0.1) is 0 Å².